The topological polar surface area (TPSA) is 62.3 Å². The Labute approximate surface area is 178 Å². The summed E-state index contributed by atoms with van der Waals surface area (Å²) in [5.74, 6) is 0.484. The van der Waals surface area contributed by atoms with E-state index in [1.54, 1.807) is 0 Å². The molecule has 2 amide bonds. The number of thioether (sulfide) groups is 1. The molecule has 0 saturated heterocycles. The molecule has 0 unspecified atom stereocenters. The minimum absolute atomic E-state index is 0.0814. The molecule has 2 heterocycles. The number of hydrogen-bond donors (Lipinski definition) is 1. The molecule has 0 saturated carbocycles. The first-order valence-electron chi connectivity index (χ1n) is 9.42. The largest absolute Gasteiger partial charge is 0.337 e. The van der Waals surface area contributed by atoms with Gasteiger partial charge >= 0.3 is 0 Å². The molecule has 5 nitrogen and oxygen atoms in total. The number of carbonyl (C=O) groups excluding carboxylic acids is 2. The Bertz CT molecular complexity index is 1000. The van der Waals surface area contributed by atoms with Crippen molar-refractivity contribution in [2.45, 2.75) is 13.0 Å². The molecule has 7 heteroatoms. The zero-order valence-electron chi connectivity index (χ0n) is 15.8. The highest BCUT2D eigenvalue weighted by Gasteiger charge is 2.20. The Balaban J connectivity index is 1.22. The van der Waals surface area contributed by atoms with Gasteiger partial charge in [0.1, 0.15) is 0 Å². The number of aromatic nitrogens is 1. The summed E-state index contributed by atoms with van der Waals surface area (Å²) in [6, 6.07) is 18.1. The van der Waals surface area contributed by atoms with E-state index in [0.29, 0.717) is 17.4 Å². The molecular formula is C22H21N3O2S2. The number of hydrogen-bond acceptors (Lipinski definition) is 5. The van der Waals surface area contributed by atoms with Crippen molar-refractivity contribution in [3.63, 3.8) is 0 Å². The average molecular weight is 424 g/mol. The van der Waals surface area contributed by atoms with E-state index in [-0.39, 0.29) is 17.6 Å². The van der Waals surface area contributed by atoms with Gasteiger partial charge in [-0.1, -0.05) is 54.6 Å². The van der Waals surface area contributed by atoms with Crippen molar-refractivity contribution < 1.29 is 9.59 Å². The molecule has 4 rings (SSSR count). The summed E-state index contributed by atoms with van der Waals surface area (Å²) >= 11 is 2.74. The number of benzene rings is 2. The van der Waals surface area contributed by atoms with Gasteiger partial charge in [-0.05, 0) is 17.5 Å². The van der Waals surface area contributed by atoms with E-state index >= 15 is 0 Å². The highest BCUT2D eigenvalue weighted by molar-refractivity contribution is 8.00. The molecule has 0 aliphatic carbocycles. The second-order valence-corrected chi connectivity index (χ2v) is 8.62. The average Bonchev–Trinajstić information content (AvgIpc) is 3.22. The number of amides is 2. The molecule has 1 aromatic heterocycles. The van der Waals surface area contributed by atoms with E-state index in [2.05, 4.69) is 22.4 Å². The maximum Gasteiger partial charge on any atom is 0.236 e. The number of carbonyl (C=O) groups is 2. The van der Waals surface area contributed by atoms with Crippen LogP contribution in [0.2, 0.25) is 0 Å². The number of fused-ring (bicyclic) bond motifs is 1. The van der Waals surface area contributed by atoms with Crippen molar-refractivity contribution in [2.24, 2.45) is 0 Å². The zero-order valence-corrected chi connectivity index (χ0v) is 17.5. The minimum Gasteiger partial charge on any atom is -0.337 e. The van der Waals surface area contributed by atoms with Crippen LogP contribution in [0, 0.1) is 0 Å². The molecule has 3 aromatic rings. The van der Waals surface area contributed by atoms with Crippen molar-refractivity contribution in [1.29, 1.82) is 0 Å². The van der Waals surface area contributed by atoms with Crippen molar-refractivity contribution in [2.75, 3.05) is 23.4 Å². The van der Waals surface area contributed by atoms with Gasteiger partial charge in [-0.25, -0.2) is 4.98 Å². The van der Waals surface area contributed by atoms with Crippen LogP contribution in [0.3, 0.4) is 0 Å². The molecular weight excluding hydrogens is 402 g/mol. The maximum atomic E-state index is 12.5. The number of nitrogens with one attached hydrogen (secondary N) is 1. The summed E-state index contributed by atoms with van der Waals surface area (Å²) in [7, 11) is 0. The minimum atomic E-state index is -0.138. The second-order valence-electron chi connectivity index (χ2n) is 6.78. The first kappa shape index (κ1) is 19.7. The lowest BCUT2D eigenvalue weighted by atomic mass is 10.00. The van der Waals surface area contributed by atoms with Crippen molar-refractivity contribution in [3.8, 4) is 11.3 Å². The third-order valence-electron chi connectivity index (χ3n) is 4.76. The maximum absolute atomic E-state index is 12.5. The number of anilines is 1. The summed E-state index contributed by atoms with van der Waals surface area (Å²) in [5.41, 5.74) is 4.40. The van der Waals surface area contributed by atoms with Crippen molar-refractivity contribution >= 4 is 40.0 Å². The predicted molar refractivity (Wildman–Crippen MR) is 119 cm³/mol. The highest BCUT2D eigenvalue weighted by atomic mass is 32.2. The Morgan fingerprint density at radius 1 is 1.03 bits per heavy atom. The smallest absolute Gasteiger partial charge is 0.236 e. The van der Waals surface area contributed by atoms with Gasteiger partial charge in [0.2, 0.25) is 11.8 Å². The van der Waals surface area contributed by atoms with Crippen LogP contribution in [0.4, 0.5) is 5.13 Å². The summed E-state index contributed by atoms with van der Waals surface area (Å²) in [5, 5.41) is 5.32. The van der Waals surface area contributed by atoms with Crippen LogP contribution >= 0.6 is 23.1 Å². The highest BCUT2D eigenvalue weighted by Crippen LogP contribution is 2.25. The first-order chi connectivity index (χ1) is 14.2. The lowest BCUT2D eigenvalue weighted by Gasteiger charge is -2.28. The van der Waals surface area contributed by atoms with E-state index in [0.717, 1.165) is 24.2 Å². The number of nitrogens with zero attached hydrogens (tertiary/aromatic N) is 2. The van der Waals surface area contributed by atoms with E-state index in [1.165, 1.54) is 34.2 Å². The summed E-state index contributed by atoms with van der Waals surface area (Å²) in [4.78, 5) is 31.0. The quantitative estimate of drug-likeness (QED) is 0.649. The normalized spacial score (nSPS) is 13.0. The summed E-state index contributed by atoms with van der Waals surface area (Å²) < 4.78 is 0. The van der Waals surface area contributed by atoms with Crippen molar-refractivity contribution in [3.05, 3.63) is 71.1 Å². The van der Waals surface area contributed by atoms with Crippen LogP contribution in [-0.4, -0.2) is 39.7 Å². The third kappa shape index (κ3) is 5.05. The lowest BCUT2D eigenvalue weighted by Crippen LogP contribution is -2.37. The third-order valence-corrected chi connectivity index (χ3v) is 6.44. The fourth-order valence-corrected chi connectivity index (χ4v) is 4.71. The van der Waals surface area contributed by atoms with Crippen LogP contribution < -0.4 is 5.32 Å². The molecule has 0 bridgehead atoms. The molecule has 148 valence electrons. The molecule has 0 atom stereocenters. The Kier molecular flexibility index (Phi) is 6.27. The first-order valence-corrected chi connectivity index (χ1v) is 11.5. The van der Waals surface area contributed by atoms with Gasteiger partial charge < -0.3 is 10.2 Å². The number of rotatable bonds is 6. The lowest BCUT2D eigenvalue weighted by molar-refractivity contribution is -0.129. The van der Waals surface area contributed by atoms with Gasteiger partial charge in [0, 0.05) is 24.0 Å². The van der Waals surface area contributed by atoms with Crippen LogP contribution in [-0.2, 0) is 22.6 Å². The van der Waals surface area contributed by atoms with Gasteiger partial charge in [-0.2, -0.15) is 0 Å². The van der Waals surface area contributed by atoms with E-state index in [9.17, 15) is 9.59 Å². The second kappa shape index (κ2) is 9.24. The fraction of sp³-hybridized carbons (Fsp3) is 0.227. The zero-order chi connectivity index (χ0) is 20.1. The Morgan fingerprint density at radius 2 is 1.79 bits per heavy atom. The Hall–Kier alpha value is -2.64. The number of thiazole rings is 1. The van der Waals surface area contributed by atoms with Gasteiger partial charge in [-0.15, -0.1) is 23.1 Å². The molecule has 0 fully saturated rings. The van der Waals surface area contributed by atoms with E-state index in [1.807, 2.05) is 52.7 Å². The SMILES string of the molecule is O=C(CSCC(=O)N1CCc2ccccc2C1)Nc1nc(-c2ccccc2)cs1. The summed E-state index contributed by atoms with van der Waals surface area (Å²) in [6.07, 6.45) is 0.890. The van der Waals surface area contributed by atoms with Crippen LogP contribution in [0.5, 0.6) is 0 Å². The molecule has 1 aliphatic rings. The van der Waals surface area contributed by atoms with Crippen LogP contribution in [0.15, 0.2) is 60.0 Å². The molecule has 1 N–H and O–H groups in total. The molecule has 0 spiro atoms. The standard InChI is InChI=1S/C22H21N3O2S2/c26-20(24-22-23-19(13-29-22)17-7-2-1-3-8-17)14-28-15-21(27)25-11-10-16-6-4-5-9-18(16)12-25/h1-9,13H,10-12,14-15H2,(H,23,24,26). The van der Waals surface area contributed by atoms with Gasteiger partial charge in [-0.3, -0.25) is 9.59 Å². The summed E-state index contributed by atoms with van der Waals surface area (Å²) in [6.45, 7) is 1.40. The molecule has 29 heavy (non-hydrogen) atoms. The molecule has 0 radical (unpaired) electrons. The van der Waals surface area contributed by atoms with E-state index in [4.69, 9.17) is 0 Å². The predicted octanol–water partition coefficient (Wildman–Crippen LogP) is 4.07. The Morgan fingerprint density at radius 3 is 2.62 bits per heavy atom. The van der Waals surface area contributed by atoms with Gasteiger partial charge in [0.15, 0.2) is 5.13 Å². The van der Waals surface area contributed by atoms with Crippen LogP contribution in [0.25, 0.3) is 11.3 Å². The molecule has 2 aromatic carbocycles. The van der Waals surface area contributed by atoms with Crippen molar-refractivity contribution in [1.82, 2.24) is 9.88 Å². The van der Waals surface area contributed by atoms with Crippen LogP contribution in [0.1, 0.15) is 11.1 Å². The van der Waals surface area contributed by atoms with Gasteiger partial charge in [0.05, 0.1) is 17.2 Å². The monoisotopic (exact) mass is 423 g/mol. The molecule has 1 aliphatic heterocycles. The van der Waals surface area contributed by atoms with Gasteiger partial charge in [0.25, 0.3) is 0 Å². The fourth-order valence-electron chi connectivity index (χ4n) is 3.26. The van der Waals surface area contributed by atoms with E-state index < -0.39 is 0 Å².